The van der Waals surface area contributed by atoms with Crippen LogP contribution in [0.4, 0.5) is 0 Å². The van der Waals surface area contributed by atoms with Crippen molar-refractivity contribution in [2.75, 3.05) is 39.6 Å². The minimum Gasteiger partial charge on any atom is -0.462 e. The molecule has 0 fully saturated rings. The van der Waals surface area contributed by atoms with Gasteiger partial charge in [0.05, 0.1) is 26.4 Å². The van der Waals surface area contributed by atoms with Crippen LogP contribution in [0.3, 0.4) is 0 Å². The molecule has 0 saturated heterocycles. The minimum atomic E-state index is -5.00. The molecule has 0 aromatic heterocycles. The zero-order valence-corrected chi connectivity index (χ0v) is 64.1. The van der Waals surface area contributed by atoms with Crippen LogP contribution in [0.5, 0.6) is 0 Å². The van der Waals surface area contributed by atoms with Gasteiger partial charge in [-0.25, -0.2) is 9.13 Å². The number of carbonyl (C=O) groups excluding carboxylic acids is 4. The molecule has 572 valence electrons. The van der Waals surface area contributed by atoms with E-state index in [-0.39, 0.29) is 25.7 Å². The van der Waals surface area contributed by atoms with Crippen LogP contribution >= 0.6 is 15.6 Å². The van der Waals surface area contributed by atoms with Crippen molar-refractivity contribution >= 4 is 39.5 Å². The van der Waals surface area contributed by atoms with Crippen molar-refractivity contribution in [3.05, 3.63) is 134 Å². The number of rotatable bonds is 71. The van der Waals surface area contributed by atoms with Gasteiger partial charge in [0.2, 0.25) is 0 Å². The number of esters is 4. The number of phosphoric acid groups is 2. The fourth-order valence-electron chi connectivity index (χ4n) is 9.80. The molecular formula is C81H136O17P2. The lowest BCUT2D eigenvalue weighted by Gasteiger charge is -2.21. The number of hydrogen-bond acceptors (Lipinski definition) is 15. The second-order valence-corrected chi connectivity index (χ2v) is 28.1. The zero-order chi connectivity index (χ0) is 73.2. The van der Waals surface area contributed by atoms with E-state index < -0.39 is 97.5 Å². The Balaban J connectivity index is 5.39. The van der Waals surface area contributed by atoms with Gasteiger partial charge in [-0.05, 0) is 141 Å². The van der Waals surface area contributed by atoms with Crippen LogP contribution in [0.15, 0.2) is 134 Å². The van der Waals surface area contributed by atoms with Gasteiger partial charge in [-0.2, -0.15) is 0 Å². The second-order valence-electron chi connectivity index (χ2n) is 25.2. The molecule has 0 aliphatic rings. The van der Waals surface area contributed by atoms with E-state index in [0.717, 1.165) is 154 Å². The monoisotopic (exact) mass is 1440 g/mol. The van der Waals surface area contributed by atoms with E-state index in [1.165, 1.54) is 57.8 Å². The SMILES string of the molecule is CC/C=C\C/C=C\C/C=C\C/C=C\CCCCC(=O)OCC(COP(=O)(O)OCC(O)COP(=O)(O)OCC(COC(=O)CCCCCCCC/C=C\C/C=C\C/C=C\CCCCC)OC(=O)CCCCCCCCCCCCC)OC(=O)CCCC/C=C\C/C=C\C/C=C\C/C=C\CC. The van der Waals surface area contributed by atoms with E-state index in [1.807, 2.05) is 0 Å². The highest BCUT2D eigenvalue weighted by Crippen LogP contribution is 2.45. The van der Waals surface area contributed by atoms with Gasteiger partial charge in [0.1, 0.15) is 19.3 Å². The summed E-state index contributed by atoms with van der Waals surface area (Å²) in [4.78, 5) is 72.8. The van der Waals surface area contributed by atoms with E-state index >= 15 is 0 Å². The molecule has 0 aromatic rings. The molecule has 0 radical (unpaired) electrons. The van der Waals surface area contributed by atoms with Gasteiger partial charge in [0, 0.05) is 25.7 Å². The molecule has 0 saturated carbocycles. The lowest BCUT2D eigenvalue weighted by atomic mass is 10.1. The summed E-state index contributed by atoms with van der Waals surface area (Å²) in [7, 11) is -9.98. The van der Waals surface area contributed by atoms with Crippen LogP contribution in [0.1, 0.15) is 297 Å². The van der Waals surface area contributed by atoms with Crippen molar-refractivity contribution in [3.63, 3.8) is 0 Å². The van der Waals surface area contributed by atoms with Crippen LogP contribution in [0, 0.1) is 0 Å². The molecule has 5 atom stereocenters. The van der Waals surface area contributed by atoms with Gasteiger partial charge in [-0.1, -0.05) is 264 Å². The maximum Gasteiger partial charge on any atom is 0.472 e. The first kappa shape index (κ1) is 95.2. The lowest BCUT2D eigenvalue weighted by molar-refractivity contribution is -0.161. The van der Waals surface area contributed by atoms with Crippen molar-refractivity contribution in [2.45, 2.75) is 316 Å². The van der Waals surface area contributed by atoms with Gasteiger partial charge < -0.3 is 33.8 Å². The number of allylic oxidation sites excluding steroid dienone is 22. The Morgan fingerprint density at radius 1 is 0.290 bits per heavy atom. The van der Waals surface area contributed by atoms with Crippen LogP contribution in [-0.2, 0) is 65.4 Å². The summed E-state index contributed by atoms with van der Waals surface area (Å²) in [5.74, 6) is -2.29. The topological polar surface area (TPSA) is 237 Å². The number of phosphoric ester groups is 2. The smallest absolute Gasteiger partial charge is 0.462 e. The summed E-state index contributed by atoms with van der Waals surface area (Å²) in [5, 5.41) is 10.6. The lowest BCUT2D eigenvalue weighted by Crippen LogP contribution is -2.30. The molecule has 0 bridgehead atoms. The van der Waals surface area contributed by atoms with E-state index in [9.17, 15) is 43.2 Å². The molecule has 0 spiro atoms. The molecule has 0 aliphatic heterocycles. The first-order valence-electron chi connectivity index (χ1n) is 38.4. The average Bonchev–Trinajstić information content (AvgIpc) is 0.966. The normalized spacial score (nSPS) is 14.7. The van der Waals surface area contributed by atoms with Gasteiger partial charge in [-0.3, -0.25) is 37.3 Å². The summed E-state index contributed by atoms with van der Waals surface area (Å²) in [6, 6.07) is 0. The number of aliphatic hydroxyl groups is 1. The number of unbranched alkanes of at least 4 members (excludes halogenated alkanes) is 23. The Hall–Kier alpha value is -4.80. The maximum atomic E-state index is 13.1. The summed E-state index contributed by atoms with van der Waals surface area (Å²) >= 11 is 0. The highest BCUT2D eigenvalue weighted by atomic mass is 31.2. The molecule has 0 aliphatic carbocycles. The summed E-state index contributed by atoms with van der Waals surface area (Å²) < 4.78 is 68.4. The predicted octanol–water partition coefficient (Wildman–Crippen LogP) is 22.1. The predicted molar refractivity (Wildman–Crippen MR) is 408 cm³/mol. The number of aliphatic hydroxyl groups excluding tert-OH is 1. The van der Waals surface area contributed by atoms with E-state index in [0.29, 0.717) is 32.1 Å². The standard InChI is InChI=1S/C81H136O17P2/c1-5-9-13-17-21-25-29-32-35-36-37-38-41-43-47-50-54-58-62-66-79(84)91-71-76(97-80(85)67-63-59-55-51-45-28-24-20-16-12-8-4)73-95-99(87,88)93-69-75(82)70-94-100(89,90)96-74-77(98-81(86)68-64-60-56-52-48-44-40-34-31-27-23-19-15-11-7-3)72-92-78(83)65-61-57-53-49-46-42-39-33-30-26-22-18-14-10-6-2/h10-11,14-15,21-23,25-27,32-35,37-40,46,48-49,52,75-77,82H,5-9,12-13,16-20,24,28-31,36,41-45,47,50-51,53-74H2,1-4H3,(H,87,88)(H,89,90)/b14-10-,15-11-,25-21-,26-22-,27-23-,35-32-,38-37-,39-33-,40-34-,49-46-,52-48-. The number of ether oxygens (including phenoxy) is 4. The molecule has 19 heteroatoms. The summed E-state index contributed by atoms with van der Waals surface area (Å²) in [6.07, 6.45) is 80.2. The Labute approximate surface area is 605 Å². The van der Waals surface area contributed by atoms with Gasteiger partial charge in [0.15, 0.2) is 12.2 Å². The first-order valence-corrected chi connectivity index (χ1v) is 41.4. The third kappa shape index (κ3) is 71.6. The average molecular weight is 1440 g/mol. The Morgan fingerprint density at radius 2 is 0.520 bits per heavy atom. The van der Waals surface area contributed by atoms with Crippen LogP contribution in [0.2, 0.25) is 0 Å². The Bertz CT molecular complexity index is 2420. The molecule has 5 unspecified atom stereocenters. The largest absolute Gasteiger partial charge is 0.472 e. The van der Waals surface area contributed by atoms with Crippen molar-refractivity contribution < 1.29 is 80.2 Å². The van der Waals surface area contributed by atoms with E-state index in [2.05, 4.69) is 161 Å². The zero-order valence-electron chi connectivity index (χ0n) is 62.3. The fraction of sp³-hybridized carbons (Fsp3) is 0.679. The molecule has 100 heavy (non-hydrogen) atoms. The first-order chi connectivity index (χ1) is 48.7. The Kier molecular flexibility index (Phi) is 69.1. The van der Waals surface area contributed by atoms with Gasteiger partial charge in [0.25, 0.3) is 0 Å². The molecular weight excluding hydrogens is 1310 g/mol. The second kappa shape index (κ2) is 72.5. The molecule has 3 N–H and O–H groups in total. The fourth-order valence-corrected chi connectivity index (χ4v) is 11.4. The number of carbonyl (C=O) groups is 4. The highest BCUT2D eigenvalue weighted by molar-refractivity contribution is 7.47. The molecule has 0 aromatic carbocycles. The van der Waals surface area contributed by atoms with Crippen molar-refractivity contribution in [3.8, 4) is 0 Å². The summed E-state index contributed by atoms with van der Waals surface area (Å²) in [6.45, 7) is 4.49. The van der Waals surface area contributed by atoms with Gasteiger partial charge >= 0.3 is 39.5 Å². The molecule has 0 amide bonds. The Morgan fingerprint density at radius 3 is 0.840 bits per heavy atom. The highest BCUT2D eigenvalue weighted by Gasteiger charge is 2.30. The van der Waals surface area contributed by atoms with E-state index in [4.69, 9.17) is 37.0 Å². The van der Waals surface area contributed by atoms with Crippen LogP contribution in [-0.4, -0.2) is 96.7 Å². The van der Waals surface area contributed by atoms with Crippen molar-refractivity contribution in [2.24, 2.45) is 0 Å². The third-order valence-electron chi connectivity index (χ3n) is 15.6. The van der Waals surface area contributed by atoms with Crippen molar-refractivity contribution in [1.82, 2.24) is 0 Å². The third-order valence-corrected chi connectivity index (χ3v) is 17.5. The van der Waals surface area contributed by atoms with Crippen LogP contribution in [0.25, 0.3) is 0 Å². The van der Waals surface area contributed by atoms with Gasteiger partial charge in [-0.15, -0.1) is 0 Å². The molecule has 0 heterocycles. The molecule has 17 nitrogen and oxygen atoms in total. The van der Waals surface area contributed by atoms with Crippen LogP contribution < -0.4 is 0 Å². The van der Waals surface area contributed by atoms with Crippen molar-refractivity contribution in [1.29, 1.82) is 0 Å². The minimum absolute atomic E-state index is 0.0302. The number of hydrogen-bond donors (Lipinski definition) is 3. The maximum absolute atomic E-state index is 13.1. The summed E-state index contributed by atoms with van der Waals surface area (Å²) in [5.41, 5.74) is 0. The quantitative estimate of drug-likeness (QED) is 0.0169. The molecule has 0 rings (SSSR count). The van der Waals surface area contributed by atoms with E-state index in [1.54, 1.807) is 0 Å².